The summed E-state index contributed by atoms with van der Waals surface area (Å²) in [6.07, 6.45) is -4.97. The molecular weight excluding hydrogens is 514 g/mol. The number of amides is 2. The van der Waals surface area contributed by atoms with Crippen LogP contribution in [0.2, 0.25) is 0 Å². The third-order valence-corrected chi connectivity index (χ3v) is 6.04. The molecule has 1 fully saturated rings. The Balaban J connectivity index is 1.72. The molecule has 4 rings (SSSR count). The van der Waals surface area contributed by atoms with Gasteiger partial charge in [0.25, 0.3) is 0 Å². The van der Waals surface area contributed by atoms with E-state index in [0.717, 1.165) is 23.2 Å². The van der Waals surface area contributed by atoms with Crippen LogP contribution in [0.4, 0.5) is 54.3 Å². The highest BCUT2D eigenvalue weighted by Gasteiger charge is 2.45. The molecule has 0 bridgehead atoms. The summed E-state index contributed by atoms with van der Waals surface area (Å²) in [5.74, 6) is -4.55. The van der Waals surface area contributed by atoms with Gasteiger partial charge in [0.1, 0.15) is 18.1 Å². The fraction of sp³-hybridized carbons (Fsp3) is 0.476. The van der Waals surface area contributed by atoms with E-state index in [4.69, 9.17) is 4.74 Å². The highest BCUT2D eigenvalue weighted by molar-refractivity contribution is 5.94. The number of nitrogens with zero attached hydrogens (tertiary/aromatic N) is 5. The molecule has 0 atom stereocenters. The molecular formula is C21H20F6N6O4. The second-order valence-electron chi connectivity index (χ2n) is 8.64. The number of nitro benzene ring substituents is 1. The van der Waals surface area contributed by atoms with Crippen molar-refractivity contribution in [3.63, 3.8) is 0 Å². The fourth-order valence-corrected chi connectivity index (χ4v) is 4.32. The van der Waals surface area contributed by atoms with Crippen molar-refractivity contribution in [1.82, 2.24) is 14.9 Å². The molecule has 1 aliphatic heterocycles. The highest BCUT2D eigenvalue weighted by Crippen LogP contribution is 2.40. The number of hydrogen-bond donors (Lipinski definition) is 1. The molecule has 0 saturated heterocycles. The molecule has 0 unspecified atom stereocenters. The number of benzene rings is 1. The maximum atomic E-state index is 14.0. The smallest absolute Gasteiger partial charge is 0.406 e. The van der Waals surface area contributed by atoms with Crippen LogP contribution in [0.5, 0.6) is 5.75 Å². The molecule has 10 nitrogen and oxygen atoms in total. The molecule has 2 amide bonds. The lowest BCUT2D eigenvalue weighted by atomic mass is 9.90. The maximum absolute atomic E-state index is 14.0. The van der Waals surface area contributed by atoms with E-state index in [1.54, 1.807) is 0 Å². The van der Waals surface area contributed by atoms with Crippen LogP contribution in [0.3, 0.4) is 0 Å². The molecule has 0 radical (unpaired) electrons. The number of methoxy groups -OCH3 is 1. The van der Waals surface area contributed by atoms with Crippen LogP contribution in [0.1, 0.15) is 31.2 Å². The van der Waals surface area contributed by atoms with Crippen molar-refractivity contribution in [3.8, 4) is 5.75 Å². The van der Waals surface area contributed by atoms with Crippen molar-refractivity contribution in [1.29, 1.82) is 0 Å². The van der Waals surface area contributed by atoms with Crippen molar-refractivity contribution in [2.24, 2.45) is 0 Å². The standard InChI is InChI=1S/C21H20F6N6O4/c1-37-16-6-13(22)15(33(35)36)7-14(16)29-18-28-8-11-9-31(10-21(25,26)27)19(34)32(17(11)30-18)12-2-4-20(23,24)5-3-12/h6-8,12H,2-5,9-10H2,1H3,(H,28,29,30). The Labute approximate surface area is 205 Å². The summed E-state index contributed by atoms with van der Waals surface area (Å²) in [6.45, 7) is -2.03. The zero-order valence-electron chi connectivity index (χ0n) is 19.2. The minimum atomic E-state index is -4.70. The lowest BCUT2D eigenvalue weighted by Crippen LogP contribution is -2.55. The molecule has 2 aliphatic rings. The lowest BCUT2D eigenvalue weighted by molar-refractivity contribution is -0.387. The number of carbonyl (C=O) groups is 1. The van der Waals surface area contributed by atoms with Gasteiger partial charge in [-0.1, -0.05) is 0 Å². The van der Waals surface area contributed by atoms with Crippen LogP contribution in [0.25, 0.3) is 0 Å². The van der Waals surface area contributed by atoms with E-state index in [9.17, 15) is 41.3 Å². The number of halogens is 6. The van der Waals surface area contributed by atoms with Crippen molar-refractivity contribution in [3.05, 3.63) is 39.8 Å². The van der Waals surface area contributed by atoms with Crippen LogP contribution >= 0.6 is 0 Å². The first-order valence-electron chi connectivity index (χ1n) is 11.0. The largest absolute Gasteiger partial charge is 0.494 e. The molecule has 2 heterocycles. The van der Waals surface area contributed by atoms with Gasteiger partial charge in [0.05, 0.1) is 24.3 Å². The normalized spacial score (nSPS) is 18.0. The number of nitrogens with one attached hydrogen (secondary N) is 1. The molecule has 37 heavy (non-hydrogen) atoms. The number of alkyl halides is 5. The SMILES string of the molecule is COc1cc(F)c([N+](=O)[O-])cc1Nc1ncc2c(n1)N(C1CCC(F)(F)CC1)C(=O)N(CC(F)(F)F)C2. The molecule has 1 N–H and O–H groups in total. The Morgan fingerprint density at radius 2 is 1.95 bits per heavy atom. The number of hydrogen-bond acceptors (Lipinski definition) is 7. The second-order valence-corrected chi connectivity index (χ2v) is 8.64. The Kier molecular flexibility index (Phi) is 6.77. The van der Waals surface area contributed by atoms with E-state index in [1.807, 2.05) is 0 Å². The van der Waals surface area contributed by atoms with Gasteiger partial charge in [0.2, 0.25) is 17.7 Å². The van der Waals surface area contributed by atoms with Gasteiger partial charge in [-0.2, -0.15) is 22.5 Å². The molecule has 1 saturated carbocycles. The quantitative estimate of drug-likeness (QED) is 0.310. The highest BCUT2D eigenvalue weighted by atomic mass is 19.4. The summed E-state index contributed by atoms with van der Waals surface area (Å²) < 4.78 is 85.9. The first-order chi connectivity index (χ1) is 17.3. The summed E-state index contributed by atoms with van der Waals surface area (Å²) in [5.41, 5.74) is -0.826. The lowest BCUT2D eigenvalue weighted by Gasteiger charge is -2.42. The molecule has 1 aromatic carbocycles. The topological polar surface area (TPSA) is 114 Å². The monoisotopic (exact) mass is 534 g/mol. The van der Waals surface area contributed by atoms with E-state index >= 15 is 0 Å². The van der Waals surface area contributed by atoms with Crippen molar-refractivity contribution < 1.29 is 40.8 Å². The third-order valence-electron chi connectivity index (χ3n) is 6.04. The van der Waals surface area contributed by atoms with Crippen molar-refractivity contribution in [2.75, 3.05) is 23.9 Å². The molecule has 16 heteroatoms. The summed E-state index contributed by atoms with van der Waals surface area (Å²) >= 11 is 0. The minimum absolute atomic E-state index is 0.0771. The predicted octanol–water partition coefficient (Wildman–Crippen LogP) is 5.16. The van der Waals surface area contributed by atoms with E-state index in [0.29, 0.717) is 4.90 Å². The van der Waals surface area contributed by atoms with Gasteiger partial charge < -0.3 is 15.0 Å². The van der Waals surface area contributed by atoms with E-state index in [1.165, 1.54) is 7.11 Å². The first kappa shape index (κ1) is 26.2. The molecule has 1 aliphatic carbocycles. The molecule has 2 aromatic rings. The van der Waals surface area contributed by atoms with Crippen LogP contribution in [0.15, 0.2) is 18.3 Å². The summed E-state index contributed by atoms with van der Waals surface area (Å²) in [7, 11) is 1.19. The number of nitro groups is 1. The zero-order valence-corrected chi connectivity index (χ0v) is 19.2. The Hall–Kier alpha value is -3.85. The number of ether oxygens (including phenoxy) is 1. The van der Waals surface area contributed by atoms with Crippen LogP contribution in [0, 0.1) is 15.9 Å². The molecule has 200 valence electrons. The second kappa shape index (κ2) is 9.55. The number of rotatable bonds is 6. The van der Waals surface area contributed by atoms with Gasteiger partial charge in [0, 0.05) is 42.8 Å². The molecule has 1 aromatic heterocycles. The number of urea groups is 1. The van der Waals surface area contributed by atoms with Crippen molar-refractivity contribution >= 4 is 29.2 Å². The minimum Gasteiger partial charge on any atom is -0.494 e. The number of fused-ring (bicyclic) bond motifs is 1. The third kappa shape index (κ3) is 5.61. The number of anilines is 3. The summed E-state index contributed by atoms with van der Waals surface area (Å²) in [5, 5.41) is 13.8. The van der Waals surface area contributed by atoms with E-state index < -0.39 is 66.5 Å². The predicted molar refractivity (Wildman–Crippen MR) is 116 cm³/mol. The fourth-order valence-electron chi connectivity index (χ4n) is 4.32. The van der Waals surface area contributed by atoms with Gasteiger partial charge >= 0.3 is 17.9 Å². The van der Waals surface area contributed by atoms with E-state index in [2.05, 4.69) is 15.3 Å². The number of carbonyl (C=O) groups excluding carboxylic acids is 1. The average molecular weight is 534 g/mol. The van der Waals surface area contributed by atoms with Crippen LogP contribution in [-0.2, 0) is 6.54 Å². The van der Waals surface area contributed by atoms with Crippen LogP contribution < -0.4 is 15.0 Å². The Morgan fingerprint density at radius 3 is 2.54 bits per heavy atom. The van der Waals surface area contributed by atoms with Gasteiger partial charge in [0.15, 0.2) is 0 Å². The van der Waals surface area contributed by atoms with E-state index in [-0.39, 0.29) is 41.6 Å². The van der Waals surface area contributed by atoms with Gasteiger partial charge in [-0.15, -0.1) is 0 Å². The summed E-state index contributed by atoms with van der Waals surface area (Å²) in [4.78, 5) is 33.0. The average Bonchev–Trinajstić information content (AvgIpc) is 2.80. The van der Waals surface area contributed by atoms with Gasteiger partial charge in [-0.05, 0) is 12.8 Å². The first-order valence-corrected chi connectivity index (χ1v) is 11.0. The summed E-state index contributed by atoms with van der Waals surface area (Å²) in [6, 6.07) is -0.272. The number of aromatic nitrogens is 2. The van der Waals surface area contributed by atoms with Crippen LogP contribution in [-0.4, -0.2) is 57.6 Å². The zero-order chi connectivity index (χ0) is 27.1. The Morgan fingerprint density at radius 1 is 1.27 bits per heavy atom. The van der Waals surface area contributed by atoms with Gasteiger partial charge in [-0.3, -0.25) is 15.0 Å². The van der Waals surface area contributed by atoms with Gasteiger partial charge in [-0.25, -0.2) is 18.6 Å². The maximum Gasteiger partial charge on any atom is 0.406 e. The molecule has 0 spiro atoms. The Bertz CT molecular complexity index is 1220. The van der Waals surface area contributed by atoms with Crippen molar-refractivity contribution in [2.45, 2.75) is 50.4 Å².